The van der Waals surface area contributed by atoms with Crippen molar-refractivity contribution in [3.8, 4) is 5.75 Å². The lowest BCUT2D eigenvalue weighted by Gasteiger charge is -2.09. The second kappa shape index (κ2) is 5.59. The molecule has 112 valence electrons. The Hall–Kier alpha value is -3.58. The second-order valence-corrected chi connectivity index (χ2v) is 3.38. The number of hydroxylamine groups is 1. The largest absolute Gasteiger partial charge is 0.328 e. The highest BCUT2D eigenvalue weighted by Crippen LogP contribution is 2.40. The summed E-state index contributed by atoms with van der Waals surface area (Å²) < 4.78 is 0. The number of hydrogen-bond donors (Lipinski definition) is 0. The lowest BCUT2D eigenvalue weighted by molar-refractivity contribution is -0.711. The fourth-order valence-corrected chi connectivity index (χ4v) is 1.22. The summed E-state index contributed by atoms with van der Waals surface area (Å²) in [6.07, 6.45) is 0. The van der Waals surface area contributed by atoms with Gasteiger partial charge >= 0.3 is 17.1 Å². The van der Waals surface area contributed by atoms with Crippen molar-refractivity contribution >= 4 is 17.1 Å². The number of rotatable bonds is 6. The van der Waals surface area contributed by atoms with Crippen LogP contribution in [0.5, 0.6) is 5.75 Å². The van der Waals surface area contributed by atoms with Crippen molar-refractivity contribution in [2.75, 3.05) is 7.05 Å². The monoisotopic (exact) mass is 303 g/mol. The van der Waals surface area contributed by atoms with E-state index in [0.717, 1.165) is 7.05 Å². The van der Waals surface area contributed by atoms with Crippen LogP contribution in [0, 0.1) is 40.5 Å². The summed E-state index contributed by atoms with van der Waals surface area (Å²) in [5.41, 5.74) is -3.22. The van der Waals surface area contributed by atoms with E-state index in [1.807, 2.05) is 0 Å². The highest BCUT2D eigenvalue weighted by molar-refractivity contribution is 5.65. The smallest absolute Gasteiger partial charge is 0.314 e. The van der Waals surface area contributed by atoms with Crippen molar-refractivity contribution in [2.45, 2.75) is 0 Å². The summed E-state index contributed by atoms with van der Waals surface area (Å²) in [6, 6.07) is 0.798. The Kier molecular flexibility index (Phi) is 4.12. The molecule has 1 rings (SSSR count). The van der Waals surface area contributed by atoms with Gasteiger partial charge in [-0.25, -0.2) is 10.1 Å². The van der Waals surface area contributed by atoms with Crippen LogP contribution in [0.25, 0.3) is 0 Å². The van der Waals surface area contributed by atoms with E-state index in [-0.39, 0.29) is 5.17 Å². The van der Waals surface area contributed by atoms with E-state index in [1.54, 1.807) is 0 Å². The maximum atomic E-state index is 10.8. The van der Waals surface area contributed by atoms with Crippen LogP contribution in [0.3, 0.4) is 0 Å². The van der Waals surface area contributed by atoms with Gasteiger partial charge in [-0.15, -0.1) is 0 Å². The van der Waals surface area contributed by atoms with Crippen molar-refractivity contribution in [3.05, 3.63) is 52.6 Å². The number of non-ortho nitro benzene ring substituents is 1. The first-order valence-electron chi connectivity index (χ1n) is 4.82. The molecule has 0 fully saturated rings. The average molecular weight is 303 g/mol. The fraction of sp³-hybridized carbons (Fsp3) is 0.143. The van der Waals surface area contributed by atoms with E-state index in [2.05, 4.69) is 4.84 Å². The molecule has 0 radical (unpaired) electrons. The van der Waals surface area contributed by atoms with Crippen molar-refractivity contribution < 1.29 is 24.6 Å². The topological polar surface area (TPSA) is 185 Å². The van der Waals surface area contributed by atoms with Gasteiger partial charge < -0.3 is 4.84 Å². The highest BCUT2D eigenvalue weighted by atomic mass is 16.8. The van der Waals surface area contributed by atoms with Gasteiger partial charge in [0.05, 0.1) is 32.1 Å². The molecule has 0 heterocycles. The van der Waals surface area contributed by atoms with Gasteiger partial charge in [0.25, 0.3) is 5.69 Å². The summed E-state index contributed by atoms with van der Waals surface area (Å²) in [5.74, 6) is -1.09. The van der Waals surface area contributed by atoms with Gasteiger partial charge in [0.1, 0.15) is 7.05 Å². The standard InChI is InChI=1S/C7H5N5O9/c1-8(12(19)20)21-7-5(10(15)16)2-4(9(13)14)3-6(7)11(17)18/h2-3H,1H3. The molecule has 0 amide bonds. The number of benzene rings is 1. The lowest BCUT2D eigenvalue weighted by Crippen LogP contribution is -2.29. The Bertz CT molecular complexity index is 608. The van der Waals surface area contributed by atoms with Crippen molar-refractivity contribution in [1.82, 2.24) is 5.17 Å². The minimum atomic E-state index is -1.19. The Morgan fingerprint density at radius 3 is 1.62 bits per heavy atom. The molecule has 0 unspecified atom stereocenters. The van der Waals surface area contributed by atoms with Gasteiger partial charge in [0.15, 0.2) is 5.03 Å². The normalized spacial score (nSPS) is 9.76. The third-order valence-electron chi connectivity index (χ3n) is 2.09. The van der Waals surface area contributed by atoms with Crippen LogP contribution in [-0.2, 0) is 0 Å². The van der Waals surface area contributed by atoms with Crippen LogP contribution in [0.1, 0.15) is 0 Å². The molecule has 0 aromatic heterocycles. The van der Waals surface area contributed by atoms with Gasteiger partial charge in [-0.3, -0.25) is 30.3 Å². The molecular formula is C7H5N5O9. The summed E-state index contributed by atoms with van der Waals surface area (Å²) in [7, 11) is 0.731. The summed E-state index contributed by atoms with van der Waals surface area (Å²) >= 11 is 0. The van der Waals surface area contributed by atoms with Crippen molar-refractivity contribution in [3.63, 3.8) is 0 Å². The number of hydrazine groups is 1. The molecule has 0 saturated heterocycles. The first-order chi connectivity index (χ1) is 9.65. The number of nitrogens with zero attached hydrogens (tertiary/aromatic N) is 5. The molecule has 0 atom stereocenters. The highest BCUT2D eigenvalue weighted by Gasteiger charge is 2.35. The van der Waals surface area contributed by atoms with E-state index in [1.165, 1.54) is 0 Å². The number of nitro groups is 4. The number of nitro benzene ring substituents is 3. The van der Waals surface area contributed by atoms with Crippen LogP contribution >= 0.6 is 0 Å². The Labute approximate surface area is 113 Å². The predicted molar refractivity (Wildman–Crippen MR) is 61.8 cm³/mol. The summed E-state index contributed by atoms with van der Waals surface area (Å²) in [6.45, 7) is 0. The zero-order chi connectivity index (χ0) is 16.3. The molecule has 21 heavy (non-hydrogen) atoms. The van der Waals surface area contributed by atoms with Gasteiger partial charge in [-0.05, 0) is 0 Å². The van der Waals surface area contributed by atoms with E-state index in [0.29, 0.717) is 12.1 Å². The predicted octanol–water partition coefficient (Wildman–Crippen LogP) is 0.828. The molecule has 14 nitrogen and oxygen atoms in total. The van der Waals surface area contributed by atoms with Crippen molar-refractivity contribution in [2.24, 2.45) is 0 Å². The Morgan fingerprint density at radius 1 is 0.905 bits per heavy atom. The van der Waals surface area contributed by atoms with E-state index in [9.17, 15) is 40.5 Å². The maximum absolute atomic E-state index is 10.8. The second-order valence-electron chi connectivity index (χ2n) is 3.38. The first kappa shape index (κ1) is 15.5. The Balaban J connectivity index is 3.57. The van der Waals surface area contributed by atoms with Crippen LogP contribution in [0.15, 0.2) is 12.1 Å². The zero-order valence-electron chi connectivity index (χ0n) is 10.1. The third-order valence-corrected chi connectivity index (χ3v) is 2.09. The minimum Gasteiger partial charge on any atom is -0.314 e. The van der Waals surface area contributed by atoms with Gasteiger partial charge in [-0.2, -0.15) is 0 Å². The molecule has 0 spiro atoms. The fourth-order valence-electron chi connectivity index (χ4n) is 1.22. The minimum absolute atomic E-state index is 0.110. The van der Waals surface area contributed by atoms with Crippen LogP contribution in [-0.4, -0.2) is 32.0 Å². The molecule has 1 aromatic carbocycles. The van der Waals surface area contributed by atoms with E-state index < -0.39 is 42.6 Å². The molecule has 0 saturated carbocycles. The lowest BCUT2D eigenvalue weighted by atomic mass is 10.2. The van der Waals surface area contributed by atoms with E-state index >= 15 is 0 Å². The quantitative estimate of drug-likeness (QED) is 0.537. The van der Waals surface area contributed by atoms with Gasteiger partial charge in [-0.1, -0.05) is 0 Å². The Morgan fingerprint density at radius 2 is 1.33 bits per heavy atom. The van der Waals surface area contributed by atoms with Gasteiger partial charge in [0, 0.05) is 0 Å². The molecule has 0 aliphatic rings. The molecular weight excluding hydrogens is 298 g/mol. The molecule has 0 bridgehead atoms. The van der Waals surface area contributed by atoms with Crippen molar-refractivity contribution in [1.29, 1.82) is 0 Å². The summed E-state index contributed by atoms with van der Waals surface area (Å²) in [4.78, 5) is 43.6. The average Bonchev–Trinajstić information content (AvgIpc) is 2.37. The summed E-state index contributed by atoms with van der Waals surface area (Å²) in [5, 5.41) is 41.4. The van der Waals surface area contributed by atoms with E-state index in [4.69, 9.17) is 0 Å². The first-order valence-corrected chi connectivity index (χ1v) is 4.82. The van der Waals surface area contributed by atoms with Crippen LogP contribution < -0.4 is 4.84 Å². The third kappa shape index (κ3) is 3.25. The van der Waals surface area contributed by atoms with Crippen LogP contribution in [0.4, 0.5) is 17.1 Å². The van der Waals surface area contributed by atoms with Crippen LogP contribution in [0.2, 0.25) is 0 Å². The molecule has 0 aliphatic carbocycles. The molecule has 14 heteroatoms. The number of hydrogen-bond acceptors (Lipinski definition) is 9. The molecule has 0 aliphatic heterocycles. The molecule has 0 N–H and O–H groups in total. The SMILES string of the molecule is CN(Oc1c([N+](=O)[O-])cc([N+](=O)[O-])cc1[N+](=O)[O-])[N+](=O)[O-]. The maximum Gasteiger partial charge on any atom is 0.328 e. The van der Waals surface area contributed by atoms with Gasteiger partial charge in [0.2, 0.25) is 0 Å². The molecule has 1 aromatic rings. The zero-order valence-corrected chi connectivity index (χ0v) is 10.1.